The van der Waals surface area contributed by atoms with Crippen molar-refractivity contribution in [2.45, 2.75) is 31.7 Å². The molecule has 3 atom stereocenters. The Hall–Kier alpha value is -2.33. The number of aliphatic hydroxyl groups is 1. The highest BCUT2D eigenvalue weighted by Gasteiger charge is 2.58. The van der Waals surface area contributed by atoms with E-state index >= 15 is 0 Å². The monoisotopic (exact) mass is 366 g/mol. The van der Waals surface area contributed by atoms with Crippen molar-refractivity contribution in [2.75, 3.05) is 6.54 Å². The van der Waals surface area contributed by atoms with Crippen molar-refractivity contribution in [3.05, 3.63) is 23.9 Å². The van der Waals surface area contributed by atoms with Crippen LogP contribution in [0.15, 0.2) is 18.2 Å². The number of thioether (sulfide) groups is 1. The lowest BCUT2D eigenvalue weighted by Crippen LogP contribution is -2.60. The summed E-state index contributed by atoms with van der Waals surface area (Å²) in [5, 5.41) is 21.9. The Morgan fingerprint density at radius 2 is 2.20 bits per heavy atom. The number of carbonyl (C=O) groups is 3. The van der Waals surface area contributed by atoms with E-state index in [1.807, 2.05) is 0 Å². The number of hydrogen-bond acceptors (Lipinski definition) is 6. The molecule has 0 bridgehead atoms. The number of aromatic nitrogens is 2. The van der Waals surface area contributed by atoms with Crippen molar-refractivity contribution in [1.82, 2.24) is 19.8 Å². The summed E-state index contributed by atoms with van der Waals surface area (Å²) in [6.07, 6.45) is 2.84. The Labute approximate surface area is 147 Å². The van der Waals surface area contributed by atoms with Gasteiger partial charge < -0.3 is 15.5 Å². The van der Waals surface area contributed by atoms with Crippen LogP contribution < -0.4 is 5.32 Å². The number of aliphatic hydroxyl groups excluding tert-OH is 1. The molecule has 2 amide bonds. The Morgan fingerprint density at radius 3 is 2.80 bits per heavy atom. The molecule has 0 unspecified atom stereocenters. The van der Waals surface area contributed by atoms with Gasteiger partial charge in [-0.15, -0.1) is 0 Å². The minimum atomic E-state index is -1.20. The third-order valence-corrected chi connectivity index (χ3v) is 5.48. The van der Waals surface area contributed by atoms with Crippen LogP contribution in [0.5, 0.6) is 0 Å². The van der Waals surface area contributed by atoms with E-state index in [2.05, 4.69) is 10.3 Å². The fourth-order valence-electron chi connectivity index (χ4n) is 2.92. The number of carbonyl (C=O) groups excluding carboxylic acids is 2. The van der Waals surface area contributed by atoms with Crippen LogP contribution in [0.4, 0.5) is 0 Å². The number of β-lactam (4-membered cyclic amide) rings is 1. The van der Waals surface area contributed by atoms with Gasteiger partial charge in [-0.1, -0.05) is 11.8 Å². The second-order valence-electron chi connectivity index (χ2n) is 5.95. The van der Waals surface area contributed by atoms with Crippen LogP contribution >= 0.6 is 11.8 Å². The second-order valence-corrected chi connectivity index (χ2v) is 7.05. The largest absolute Gasteiger partial charge is 0.476 e. The molecule has 0 aliphatic carbocycles. The maximum absolute atomic E-state index is 12.2. The van der Waals surface area contributed by atoms with Gasteiger partial charge in [-0.25, -0.2) is 9.78 Å². The number of amides is 2. The van der Waals surface area contributed by atoms with Crippen molar-refractivity contribution < 1.29 is 24.6 Å². The number of carboxylic acid groups (broad SMARTS) is 1. The second kappa shape index (κ2) is 6.52. The van der Waals surface area contributed by atoms with Crippen molar-refractivity contribution in [1.29, 1.82) is 0 Å². The molecule has 2 aliphatic heterocycles. The predicted molar refractivity (Wildman–Crippen MR) is 88.9 cm³/mol. The van der Waals surface area contributed by atoms with E-state index in [0.717, 1.165) is 0 Å². The summed E-state index contributed by atoms with van der Waals surface area (Å²) in [4.78, 5) is 40.1. The number of nitrogens with zero attached hydrogens (tertiary/aromatic N) is 3. The van der Waals surface area contributed by atoms with Gasteiger partial charge in [-0.3, -0.25) is 19.1 Å². The summed E-state index contributed by atoms with van der Waals surface area (Å²) in [6, 6.07) is 0. The van der Waals surface area contributed by atoms with Gasteiger partial charge in [0.25, 0.3) is 0 Å². The van der Waals surface area contributed by atoms with Gasteiger partial charge in [0.1, 0.15) is 10.4 Å². The van der Waals surface area contributed by atoms with E-state index in [0.29, 0.717) is 23.7 Å². The molecule has 1 fully saturated rings. The fourth-order valence-corrected chi connectivity index (χ4v) is 4.47. The van der Waals surface area contributed by atoms with E-state index < -0.39 is 23.4 Å². The summed E-state index contributed by atoms with van der Waals surface area (Å²) < 4.78 is 1.57. The zero-order chi connectivity index (χ0) is 18.3. The van der Waals surface area contributed by atoms with E-state index in [1.165, 1.54) is 36.8 Å². The number of nitrogens with one attached hydrogen (secondary N) is 1. The predicted octanol–water partition coefficient (Wildman–Crippen LogP) is -0.315. The number of imidazole rings is 1. The van der Waals surface area contributed by atoms with Gasteiger partial charge in [0, 0.05) is 26.1 Å². The fraction of sp³-hybridized carbons (Fsp3) is 0.467. The molecule has 25 heavy (non-hydrogen) atoms. The SMILES string of the molecule is CC(=O)NCCc1cn(C2=C(C(=O)O)N3C(=O)[C@H]([C@@H](C)O)[C@H]3S2)cn1. The lowest BCUT2D eigenvalue weighted by atomic mass is 9.92. The minimum Gasteiger partial charge on any atom is -0.476 e. The van der Waals surface area contributed by atoms with E-state index in [1.54, 1.807) is 10.8 Å². The van der Waals surface area contributed by atoms with Crippen molar-refractivity contribution >= 4 is 34.6 Å². The standard InChI is InChI=1S/C15H18N4O5S/c1-7(20)10-12(22)19-11(15(23)24)14(25-13(10)19)18-5-9(17-6-18)3-4-16-8(2)21/h5-7,10,13,20H,3-4H2,1-2H3,(H,16,21)(H,23,24)/t7-,10+,13-/m1/s1. The Morgan fingerprint density at radius 1 is 1.48 bits per heavy atom. The van der Waals surface area contributed by atoms with Gasteiger partial charge in [-0.05, 0) is 6.92 Å². The van der Waals surface area contributed by atoms with Crippen LogP contribution in [0.3, 0.4) is 0 Å². The highest BCUT2D eigenvalue weighted by Crippen LogP contribution is 2.51. The molecular weight excluding hydrogens is 348 g/mol. The summed E-state index contributed by atoms with van der Waals surface area (Å²) >= 11 is 1.23. The topological polar surface area (TPSA) is 125 Å². The molecule has 0 spiro atoms. The minimum absolute atomic E-state index is 0.0947. The molecule has 1 aromatic rings. The maximum Gasteiger partial charge on any atom is 0.355 e. The van der Waals surface area contributed by atoms with Gasteiger partial charge in [0.05, 0.1) is 24.0 Å². The zero-order valence-electron chi connectivity index (χ0n) is 13.7. The summed E-state index contributed by atoms with van der Waals surface area (Å²) in [7, 11) is 0. The van der Waals surface area contributed by atoms with E-state index in [-0.39, 0.29) is 17.5 Å². The number of fused-ring (bicyclic) bond motifs is 1. The van der Waals surface area contributed by atoms with Crippen LogP contribution in [0, 0.1) is 5.92 Å². The molecule has 1 aromatic heterocycles. The molecular formula is C15H18N4O5S. The highest BCUT2D eigenvalue weighted by molar-refractivity contribution is 8.08. The van der Waals surface area contributed by atoms with Crippen LogP contribution in [0.2, 0.25) is 0 Å². The number of rotatable bonds is 6. The molecule has 0 radical (unpaired) electrons. The zero-order valence-corrected chi connectivity index (χ0v) is 14.5. The number of aliphatic carboxylic acids is 1. The average Bonchev–Trinajstić information content (AvgIpc) is 3.08. The van der Waals surface area contributed by atoms with Crippen LogP contribution in [-0.4, -0.2) is 60.5 Å². The highest BCUT2D eigenvalue weighted by atomic mass is 32.2. The van der Waals surface area contributed by atoms with Crippen LogP contribution in [0.25, 0.3) is 5.03 Å². The summed E-state index contributed by atoms with van der Waals surface area (Å²) in [5.41, 5.74) is 0.599. The average molecular weight is 366 g/mol. The Kier molecular flexibility index (Phi) is 4.56. The molecule has 10 heteroatoms. The first kappa shape index (κ1) is 17.5. The third kappa shape index (κ3) is 3.02. The molecule has 1 saturated heterocycles. The Bertz CT molecular complexity index is 772. The smallest absolute Gasteiger partial charge is 0.355 e. The van der Waals surface area contributed by atoms with Gasteiger partial charge in [0.15, 0.2) is 5.70 Å². The van der Waals surface area contributed by atoms with Crippen molar-refractivity contribution in [3.63, 3.8) is 0 Å². The first-order chi connectivity index (χ1) is 11.8. The molecule has 0 aromatic carbocycles. The van der Waals surface area contributed by atoms with Gasteiger partial charge >= 0.3 is 5.97 Å². The molecule has 134 valence electrons. The molecule has 0 saturated carbocycles. The lowest BCUT2D eigenvalue weighted by molar-refractivity contribution is -0.156. The van der Waals surface area contributed by atoms with Crippen molar-refractivity contribution in [3.8, 4) is 0 Å². The number of carboxylic acids is 1. The number of hydrogen-bond donors (Lipinski definition) is 3. The van der Waals surface area contributed by atoms with E-state index in [9.17, 15) is 24.6 Å². The van der Waals surface area contributed by atoms with Crippen molar-refractivity contribution in [2.24, 2.45) is 5.92 Å². The summed E-state index contributed by atoms with van der Waals surface area (Å²) in [5.74, 6) is -2.32. The lowest BCUT2D eigenvalue weighted by Gasteiger charge is -2.43. The van der Waals surface area contributed by atoms with Gasteiger partial charge in [-0.2, -0.15) is 0 Å². The Balaban J connectivity index is 1.82. The molecule has 3 heterocycles. The molecule has 9 nitrogen and oxygen atoms in total. The van der Waals surface area contributed by atoms with Crippen LogP contribution in [0.1, 0.15) is 19.5 Å². The quantitative estimate of drug-likeness (QED) is 0.590. The maximum atomic E-state index is 12.2. The third-order valence-electron chi connectivity index (χ3n) is 4.11. The summed E-state index contributed by atoms with van der Waals surface area (Å²) in [6.45, 7) is 3.38. The molecule has 2 aliphatic rings. The first-order valence-electron chi connectivity index (χ1n) is 7.74. The van der Waals surface area contributed by atoms with Crippen LogP contribution in [-0.2, 0) is 20.8 Å². The normalized spacial score (nSPS) is 23.3. The molecule has 3 rings (SSSR count). The van der Waals surface area contributed by atoms with E-state index in [4.69, 9.17) is 0 Å². The first-order valence-corrected chi connectivity index (χ1v) is 8.62. The van der Waals surface area contributed by atoms with Gasteiger partial charge in [0.2, 0.25) is 11.8 Å². The molecule has 3 N–H and O–H groups in total.